The molecule has 0 spiro atoms. The number of hydrogen-bond donors (Lipinski definition) is 0. The van der Waals surface area contributed by atoms with Crippen LogP contribution in [-0.4, -0.2) is 6.54 Å². The molecule has 0 aromatic heterocycles. The summed E-state index contributed by atoms with van der Waals surface area (Å²) < 4.78 is 13.0. The predicted molar refractivity (Wildman–Crippen MR) is 77.8 cm³/mol. The highest BCUT2D eigenvalue weighted by molar-refractivity contribution is 5.46. The standard InChI is InChI=1S/C17H16FNO/c1-13-11-17(14-7-9-15(18)10-8-14)20-19(12-13)16-5-3-2-4-6-16/h2-11,17H,12H2,1H3. The molecule has 0 fully saturated rings. The average Bonchev–Trinajstić information content (AvgIpc) is 2.48. The third-order valence-corrected chi connectivity index (χ3v) is 3.31. The first-order valence-corrected chi connectivity index (χ1v) is 6.64. The Bertz CT molecular complexity index is 607. The number of hydroxylamine groups is 1. The SMILES string of the molecule is CC1=CC(c2ccc(F)cc2)ON(c2ccccc2)C1. The van der Waals surface area contributed by atoms with Gasteiger partial charge in [0, 0.05) is 0 Å². The maximum atomic E-state index is 13.0. The van der Waals surface area contributed by atoms with E-state index in [4.69, 9.17) is 4.84 Å². The first-order valence-electron chi connectivity index (χ1n) is 6.64. The van der Waals surface area contributed by atoms with Crippen molar-refractivity contribution >= 4 is 5.69 Å². The van der Waals surface area contributed by atoms with Crippen molar-refractivity contribution in [2.45, 2.75) is 13.0 Å². The minimum atomic E-state index is -0.231. The van der Waals surface area contributed by atoms with Crippen LogP contribution in [0.15, 0.2) is 66.2 Å². The summed E-state index contributed by atoms with van der Waals surface area (Å²) in [5.41, 5.74) is 3.20. The second-order valence-corrected chi connectivity index (χ2v) is 4.96. The molecule has 1 unspecified atom stereocenters. The molecule has 1 atom stereocenters. The quantitative estimate of drug-likeness (QED) is 0.755. The number of para-hydroxylation sites is 1. The molecule has 0 saturated carbocycles. The van der Waals surface area contributed by atoms with Crippen molar-refractivity contribution in [1.82, 2.24) is 0 Å². The van der Waals surface area contributed by atoms with Gasteiger partial charge in [0.2, 0.25) is 0 Å². The molecule has 2 aromatic rings. The lowest BCUT2D eigenvalue weighted by Gasteiger charge is -2.32. The highest BCUT2D eigenvalue weighted by atomic mass is 19.1. The number of nitrogens with zero attached hydrogens (tertiary/aromatic N) is 1. The van der Waals surface area contributed by atoms with Crippen LogP contribution < -0.4 is 5.06 Å². The van der Waals surface area contributed by atoms with Gasteiger partial charge >= 0.3 is 0 Å². The Balaban J connectivity index is 1.86. The largest absolute Gasteiger partial charge is 0.261 e. The van der Waals surface area contributed by atoms with Crippen molar-refractivity contribution in [3.8, 4) is 0 Å². The molecule has 2 aromatic carbocycles. The number of rotatable bonds is 2. The van der Waals surface area contributed by atoms with Crippen LogP contribution in [0, 0.1) is 5.82 Å². The van der Waals surface area contributed by atoms with Gasteiger partial charge in [0.1, 0.15) is 11.9 Å². The second kappa shape index (κ2) is 5.47. The molecule has 0 radical (unpaired) electrons. The molecule has 1 heterocycles. The van der Waals surface area contributed by atoms with Gasteiger partial charge in [-0.1, -0.05) is 35.9 Å². The van der Waals surface area contributed by atoms with Gasteiger partial charge in [0.25, 0.3) is 0 Å². The number of anilines is 1. The van der Waals surface area contributed by atoms with E-state index >= 15 is 0 Å². The molecule has 102 valence electrons. The summed E-state index contributed by atoms with van der Waals surface area (Å²) in [7, 11) is 0. The van der Waals surface area contributed by atoms with Gasteiger partial charge in [-0.05, 0) is 42.8 Å². The molecular formula is C17H16FNO. The molecule has 1 aliphatic heterocycles. The monoisotopic (exact) mass is 269 g/mol. The van der Waals surface area contributed by atoms with Crippen molar-refractivity contribution in [2.75, 3.05) is 11.6 Å². The van der Waals surface area contributed by atoms with E-state index in [0.717, 1.165) is 17.8 Å². The van der Waals surface area contributed by atoms with Crippen molar-refractivity contribution in [3.63, 3.8) is 0 Å². The van der Waals surface area contributed by atoms with Gasteiger partial charge < -0.3 is 0 Å². The summed E-state index contributed by atoms with van der Waals surface area (Å²) >= 11 is 0. The van der Waals surface area contributed by atoms with E-state index in [1.54, 1.807) is 12.1 Å². The zero-order valence-corrected chi connectivity index (χ0v) is 11.3. The van der Waals surface area contributed by atoms with Gasteiger partial charge in [-0.2, -0.15) is 0 Å². The normalized spacial score (nSPS) is 18.8. The molecule has 0 aliphatic carbocycles. The van der Waals surface area contributed by atoms with E-state index in [1.165, 1.54) is 17.7 Å². The van der Waals surface area contributed by atoms with Gasteiger partial charge in [-0.25, -0.2) is 9.45 Å². The average molecular weight is 269 g/mol. The number of halogens is 1. The molecule has 3 heteroatoms. The van der Waals surface area contributed by atoms with Crippen LogP contribution in [0.1, 0.15) is 18.6 Å². The lowest BCUT2D eigenvalue weighted by Crippen LogP contribution is -2.31. The molecule has 0 bridgehead atoms. The fourth-order valence-electron chi connectivity index (χ4n) is 2.30. The Morgan fingerprint density at radius 3 is 2.45 bits per heavy atom. The Morgan fingerprint density at radius 1 is 1.05 bits per heavy atom. The molecule has 0 saturated heterocycles. The molecule has 20 heavy (non-hydrogen) atoms. The maximum absolute atomic E-state index is 13.0. The summed E-state index contributed by atoms with van der Waals surface area (Å²) in [6, 6.07) is 16.4. The summed E-state index contributed by atoms with van der Waals surface area (Å²) in [6.45, 7) is 2.82. The number of benzene rings is 2. The Hall–Kier alpha value is -2.13. The smallest absolute Gasteiger partial charge is 0.129 e. The molecule has 3 rings (SSSR count). The second-order valence-electron chi connectivity index (χ2n) is 4.96. The van der Waals surface area contributed by atoms with E-state index in [0.29, 0.717) is 0 Å². The van der Waals surface area contributed by atoms with E-state index in [1.807, 2.05) is 35.4 Å². The molecule has 0 amide bonds. The summed E-state index contributed by atoms with van der Waals surface area (Å²) in [5, 5.41) is 1.88. The van der Waals surface area contributed by atoms with Crippen LogP contribution in [-0.2, 0) is 4.84 Å². The molecule has 2 nitrogen and oxygen atoms in total. The number of hydrogen-bond acceptors (Lipinski definition) is 2. The first kappa shape index (κ1) is 12.9. The van der Waals surface area contributed by atoms with Crippen LogP contribution in [0.2, 0.25) is 0 Å². The van der Waals surface area contributed by atoms with Crippen molar-refractivity contribution in [1.29, 1.82) is 0 Å². The van der Waals surface area contributed by atoms with E-state index < -0.39 is 0 Å². The van der Waals surface area contributed by atoms with Crippen LogP contribution in [0.3, 0.4) is 0 Å². The lowest BCUT2D eigenvalue weighted by molar-refractivity contribution is 0.0557. The van der Waals surface area contributed by atoms with Crippen molar-refractivity contribution in [2.24, 2.45) is 0 Å². The van der Waals surface area contributed by atoms with E-state index in [-0.39, 0.29) is 11.9 Å². The van der Waals surface area contributed by atoms with Crippen LogP contribution in [0.25, 0.3) is 0 Å². The zero-order chi connectivity index (χ0) is 13.9. The van der Waals surface area contributed by atoms with Gasteiger partial charge in [0.05, 0.1) is 12.2 Å². The zero-order valence-electron chi connectivity index (χ0n) is 11.3. The van der Waals surface area contributed by atoms with Crippen molar-refractivity contribution < 1.29 is 9.23 Å². The Morgan fingerprint density at radius 2 is 1.75 bits per heavy atom. The summed E-state index contributed by atoms with van der Waals surface area (Å²) in [6.07, 6.45) is 1.90. The topological polar surface area (TPSA) is 12.5 Å². The molecular weight excluding hydrogens is 253 g/mol. The minimum Gasteiger partial charge on any atom is -0.261 e. The Kier molecular flexibility index (Phi) is 3.52. The first-order chi connectivity index (χ1) is 9.72. The highest BCUT2D eigenvalue weighted by Crippen LogP contribution is 2.29. The van der Waals surface area contributed by atoms with Gasteiger partial charge in [0.15, 0.2) is 0 Å². The third kappa shape index (κ3) is 2.73. The third-order valence-electron chi connectivity index (χ3n) is 3.31. The van der Waals surface area contributed by atoms with E-state index in [9.17, 15) is 4.39 Å². The fraction of sp³-hybridized carbons (Fsp3) is 0.176. The van der Waals surface area contributed by atoms with E-state index in [2.05, 4.69) is 13.0 Å². The highest BCUT2D eigenvalue weighted by Gasteiger charge is 2.21. The van der Waals surface area contributed by atoms with Crippen molar-refractivity contribution in [3.05, 3.63) is 77.6 Å². The van der Waals surface area contributed by atoms with Crippen LogP contribution in [0.4, 0.5) is 10.1 Å². The van der Waals surface area contributed by atoms with Gasteiger partial charge in [-0.15, -0.1) is 0 Å². The summed E-state index contributed by atoms with van der Waals surface area (Å²) in [5.74, 6) is -0.231. The maximum Gasteiger partial charge on any atom is 0.129 e. The fourth-order valence-corrected chi connectivity index (χ4v) is 2.30. The molecule has 1 aliphatic rings. The Labute approximate surface area is 118 Å². The van der Waals surface area contributed by atoms with Crippen LogP contribution in [0.5, 0.6) is 0 Å². The van der Waals surface area contributed by atoms with Crippen LogP contribution >= 0.6 is 0 Å². The molecule has 0 N–H and O–H groups in total. The lowest BCUT2D eigenvalue weighted by atomic mass is 10.1. The minimum absolute atomic E-state index is 0.176. The van der Waals surface area contributed by atoms with Gasteiger partial charge in [-0.3, -0.25) is 4.84 Å². The summed E-state index contributed by atoms with van der Waals surface area (Å²) in [4.78, 5) is 6.00. The predicted octanol–water partition coefficient (Wildman–Crippen LogP) is 4.26.